The van der Waals surface area contributed by atoms with Crippen LogP contribution in [0.1, 0.15) is 31.9 Å². The number of hydrogen-bond acceptors (Lipinski definition) is 4. The van der Waals surface area contributed by atoms with Crippen molar-refractivity contribution < 1.29 is 19.7 Å². The van der Waals surface area contributed by atoms with Crippen LogP contribution < -0.4 is 15.4 Å². The number of urea groups is 1. The van der Waals surface area contributed by atoms with Gasteiger partial charge in [-0.1, -0.05) is 19.1 Å². The summed E-state index contributed by atoms with van der Waals surface area (Å²) in [6, 6.07) is 6.13. The van der Waals surface area contributed by atoms with E-state index in [-0.39, 0.29) is 12.5 Å². The van der Waals surface area contributed by atoms with Crippen LogP contribution in [0.2, 0.25) is 0 Å². The van der Waals surface area contributed by atoms with Gasteiger partial charge < -0.3 is 25.6 Å². The minimum Gasteiger partial charge on any atom is -0.497 e. The topological polar surface area (TPSA) is 90.8 Å². The molecule has 0 aliphatic carbocycles. The maximum absolute atomic E-state index is 11.7. The van der Waals surface area contributed by atoms with E-state index in [9.17, 15) is 15.0 Å². The van der Waals surface area contributed by atoms with Gasteiger partial charge in [0.25, 0.3) is 0 Å². The highest BCUT2D eigenvalue weighted by molar-refractivity contribution is 5.79. The van der Waals surface area contributed by atoms with E-state index < -0.39 is 11.8 Å². The number of aliphatic hydroxyl groups is 2. The van der Waals surface area contributed by atoms with E-state index in [2.05, 4.69) is 10.6 Å². The van der Waals surface area contributed by atoms with Gasteiger partial charge in [-0.15, -0.1) is 0 Å². The summed E-state index contributed by atoms with van der Waals surface area (Å²) >= 11 is 0. The van der Waals surface area contributed by atoms with Crippen LogP contribution in [0.15, 0.2) is 35.5 Å². The van der Waals surface area contributed by atoms with Gasteiger partial charge in [-0.2, -0.15) is 0 Å². The minimum atomic E-state index is -1.99. The van der Waals surface area contributed by atoms with Crippen LogP contribution in [0.25, 0.3) is 0 Å². The third kappa shape index (κ3) is 3.01. The Hall–Kier alpha value is -2.05. The van der Waals surface area contributed by atoms with Crippen LogP contribution in [-0.4, -0.2) is 29.1 Å². The molecule has 0 saturated carbocycles. The van der Waals surface area contributed by atoms with Gasteiger partial charge in [-0.3, -0.25) is 0 Å². The van der Waals surface area contributed by atoms with Gasteiger partial charge in [0.05, 0.1) is 13.2 Å². The van der Waals surface area contributed by atoms with Gasteiger partial charge in [-0.25, -0.2) is 4.79 Å². The lowest BCUT2D eigenvalue weighted by molar-refractivity contribution is -0.135. The largest absolute Gasteiger partial charge is 0.497 e. The van der Waals surface area contributed by atoms with Crippen LogP contribution in [0, 0.1) is 0 Å². The summed E-state index contributed by atoms with van der Waals surface area (Å²) in [6.07, 6.45) is 0.115. The predicted molar refractivity (Wildman–Crippen MR) is 77.6 cm³/mol. The van der Waals surface area contributed by atoms with Gasteiger partial charge in [0, 0.05) is 17.7 Å². The fourth-order valence-corrected chi connectivity index (χ4v) is 2.46. The Bertz CT molecular complexity index is 564. The average Bonchev–Trinajstić information content (AvgIpc) is 2.46. The number of ether oxygens (including phenoxy) is 1. The van der Waals surface area contributed by atoms with Gasteiger partial charge in [0.15, 0.2) is 5.79 Å². The molecule has 114 valence electrons. The molecule has 1 aliphatic heterocycles. The second-order valence-corrected chi connectivity index (χ2v) is 5.01. The molecule has 1 aromatic rings. The van der Waals surface area contributed by atoms with E-state index in [1.807, 2.05) is 0 Å². The molecular formula is C15H20N2O4. The molecule has 2 amide bonds. The molecule has 6 nitrogen and oxygen atoms in total. The zero-order valence-corrected chi connectivity index (χ0v) is 12.3. The summed E-state index contributed by atoms with van der Waals surface area (Å²) in [5, 5.41) is 25.7. The first-order chi connectivity index (χ1) is 9.89. The van der Waals surface area contributed by atoms with Crippen LogP contribution >= 0.6 is 0 Å². The summed E-state index contributed by atoms with van der Waals surface area (Å²) in [6.45, 7) is 3.32. The smallest absolute Gasteiger partial charge is 0.319 e. The monoisotopic (exact) mass is 292 g/mol. The van der Waals surface area contributed by atoms with Crippen molar-refractivity contribution >= 4 is 6.03 Å². The number of carbonyl (C=O) groups is 1. The first-order valence-electron chi connectivity index (χ1n) is 6.76. The Morgan fingerprint density at radius 3 is 2.43 bits per heavy atom. The molecule has 1 aliphatic rings. The maximum atomic E-state index is 11.7. The first kappa shape index (κ1) is 15.3. The fourth-order valence-electron chi connectivity index (χ4n) is 2.46. The molecule has 4 N–H and O–H groups in total. The van der Waals surface area contributed by atoms with Gasteiger partial charge >= 0.3 is 6.03 Å². The molecule has 1 heterocycles. The number of allylic oxidation sites excluding steroid dienone is 1. The van der Waals surface area contributed by atoms with E-state index in [0.717, 1.165) is 5.56 Å². The third-order valence-electron chi connectivity index (χ3n) is 3.64. The number of carbonyl (C=O) groups excluding carboxylic acids is 1. The van der Waals surface area contributed by atoms with Crippen LogP contribution in [0.5, 0.6) is 5.75 Å². The molecular weight excluding hydrogens is 272 g/mol. The third-order valence-corrected chi connectivity index (χ3v) is 3.64. The van der Waals surface area contributed by atoms with Crippen molar-refractivity contribution in [3.8, 4) is 5.75 Å². The Morgan fingerprint density at radius 1 is 1.29 bits per heavy atom. The molecule has 1 aromatic carbocycles. The van der Waals surface area contributed by atoms with Crippen molar-refractivity contribution in [3.05, 3.63) is 41.1 Å². The van der Waals surface area contributed by atoms with E-state index >= 15 is 0 Å². The molecule has 0 spiro atoms. The lowest BCUT2D eigenvalue weighted by atomic mass is 9.88. The van der Waals surface area contributed by atoms with E-state index in [0.29, 0.717) is 17.0 Å². The molecule has 6 heteroatoms. The molecule has 0 aromatic heterocycles. The minimum absolute atomic E-state index is 0.115. The lowest BCUT2D eigenvalue weighted by Gasteiger charge is -2.36. The number of amides is 2. The molecule has 0 saturated heterocycles. The Kier molecular flexibility index (Phi) is 4.20. The van der Waals surface area contributed by atoms with E-state index in [1.54, 1.807) is 45.2 Å². The van der Waals surface area contributed by atoms with Crippen LogP contribution in [-0.2, 0) is 0 Å². The van der Waals surface area contributed by atoms with Crippen molar-refractivity contribution in [2.24, 2.45) is 0 Å². The molecule has 0 bridgehead atoms. The molecule has 1 atom stereocenters. The van der Waals surface area contributed by atoms with Crippen LogP contribution in [0.3, 0.4) is 0 Å². The number of benzene rings is 1. The highest BCUT2D eigenvalue weighted by Crippen LogP contribution is 2.35. The van der Waals surface area contributed by atoms with Crippen LogP contribution in [0.4, 0.5) is 4.79 Å². The summed E-state index contributed by atoms with van der Waals surface area (Å²) < 4.78 is 5.10. The number of methoxy groups -OCH3 is 1. The van der Waals surface area contributed by atoms with Crippen molar-refractivity contribution in [1.82, 2.24) is 10.6 Å². The molecule has 21 heavy (non-hydrogen) atoms. The Labute approximate surface area is 123 Å². The SMILES string of the molecule is CCC(O)(O)C1=C(C)NC(=O)NC1c1ccc(OC)cc1. The Balaban J connectivity index is 2.47. The van der Waals surface area contributed by atoms with Crippen molar-refractivity contribution in [1.29, 1.82) is 0 Å². The Morgan fingerprint density at radius 2 is 1.90 bits per heavy atom. The zero-order valence-electron chi connectivity index (χ0n) is 12.3. The normalized spacial score (nSPS) is 19.1. The first-order valence-corrected chi connectivity index (χ1v) is 6.76. The summed E-state index contributed by atoms with van der Waals surface area (Å²) in [5.41, 5.74) is 1.54. The molecule has 2 rings (SSSR count). The fraction of sp³-hybridized carbons (Fsp3) is 0.400. The highest BCUT2D eigenvalue weighted by Gasteiger charge is 2.38. The van der Waals surface area contributed by atoms with Gasteiger partial charge in [0.1, 0.15) is 5.75 Å². The summed E-state index contributed by atoms with van der Waals surface area (Å²) in [7, 11) is 1.57. The maximum Gasteiger partial charge on any atom is 0.319 e. The second kappa shape index (κ2) is 5.75. The quantitative estimate of drug-likeness (QED) is 0.632. The number of nitrogens with one attached hydrogen (secondary N) is 2. The molecule has 1 unspecified atom stereocenters. The summed E-state index contributed by atoms with van der Waals surface area (Å²) in [5.74, 6) is -1.30. The zero-order chi connectivity index (χ0) is 15.6. The second-order valence-electron chi connectivity index (χ2n) is 5.01. The van der Waals surface area contributed by atoms with E-state index in [4.69, 9.17) is 4.74 Å². The molecule has 0 fully saturated rings. The summed E-state index contributed by atoms with van der Waals surface area (Å²) in [4.78, 5) is 11.7. The van der Waals surface area contributed by atoms with Gasteiger partial charge in [-0.05, 0) is 24.6 Å². The lowest BCUT2D eigenvalue weighted by Crippen LogP contribution is -2.49. The standard InChI is InChI=1S/C15H20N2O4/c1-4-15(19,20)12-9(2)16-14(18)17-13(12)10-5-7-11(21-3)8-6-10/h5-8,13,19-20H,4H2,1-3H3,(H2,16,17,18). The number of rotatable bonds is 4. The van der Waals surface area contributed by atoms with Crippen molar-refractivity contribution in [2.45, 2.75) is 32.1 Å². The van der Waals surface area contributed by atoms with Crippen molar-refractivity contribution in [3.63, 3.8) is 0 Å². The number of hydrogen-bond donors (Lipinski definition) is 4. The van der Waals surface area contributed by atoms with E-state index in [1.165, 1.54) is 0 Å². The predicted octanol–water partition coefficient (Wildman–Crippen LogP) is 1.41. The van der Waals surface area contributed by atoms with Gasteiger partial charge in [0.2, 0.25) is 0 Å². The van der Waals surface area contributed by atoms with Crippen molar-refractivity contribution in [2.75, 3.05) is 7.11 Å². The molecule has 0 radical (unpaired) electrons. The highest BCUT2D eigenvalue weighted by atomic mass is 16.5. The average molecular weight is 292 g/mol.